The summed E-state index contributed by atoms with van der Waals surface area (Å²) in [7, 11) is 0. The number of fused-ring (bicyclic) bond motifs is 1. The molecule has 2 heterocycles. The first-order valence-corrected chi connectivity index (χ1v) is 8.95. The minimum absolute atomic E-state index is 0.0328. The maximum absolute atomic E-state index is 12.7. The third-order valence-corrected chi connectivity index (χ3v) is 4.70. The number of carbonyl (C=O) groups is 1. The highest BCUT2D eigenvalue weighted by Crippen LogP contribution is 2.30. The Balaban J connectivity index is 1.77. The van der Waals surface area contributed by atoms with E-state index in [1.807, 2.05) is 25.7 Å². The Morgan fingerprint density at radius 2 is 2.17 bits per heavy atom. The molecule has 0 aromatic heterocycles. The number of hydrogen-bond donors (Lipinski definition) is 2. The summed E-state index contributed by atoms with van der Waals surface area (Å²) < 4.78 is 5.64. The van der Waals surface area contributed by atoms with Gasteiger partial charge in [0.2, 0.25) is 0 Å². The molecule has 3 rings (SSSR count). The van der Waals surface area contributed by atoms with Crippen LogP contribution in [0.1, 0.15) is 44.4 Å². The molecule has 2 atom stereocenters. The number of carbonyl (C=O) groups excluding carboxylic acids is 1. The lowest BCUT2D eigenvalue weighted by Crippen LogP contribution is -2.47. The maximum Gasteiger partial charge on any atom is 0.410 e. The number of ether oxygens (including phenoxy) is 1. The number of amides is 1. The van der Waals surface area contributed by atoms with E-state index in [4.69, 9.17) is 4.74 Å². The molecule has 1 aromatic rings. The number of rotatable bonds is 3. The number of hydrogen-bond acceptors (Lipinski definition) is 4. The van der Waals surface area contributed by atoms with E-state index in [0.717, 1.165) is 32.5 Å². The molecule has 1 fully saturated rings. The van der Waals surface area contributed by atoms with Crippen LogP contribution >= 0.6 is 0 Å². The van der Waals surface area contributed by atoms with Crippen LogP contribution in [0.4, 0.5) is 4.79 Å². The van der Waals surface area contributed by atoms with E-state index in [2.05, 4.69) is 34.9 Å². The molecule has 0 spiro atoms. The Labute approximate surface area is 144 Å². The summed E-state index contributed by atoms with van der Waals surface area (Å²) >= 11 is 0. The first-order valence-electron chi connectivity index (χ1n) is 8.95. The second kappa shape index (κ2) is 7.11. The molecule has 0 bridgehead atoms. The van der Waals surface area contributed by atoms with Crippen LogP contribution in [0, 0.1) is 0 Å². The molecule has 2 unspecified atom stereocenters. The Bertz CT molecular complexity index is 576. The zero-order valence-corrected chi connectivity index (χ0v) is 15.0. The molecular weight excluding hydrogens is 302 g/mol. The van der Waals surface area contributed by atoms with Crippen molar-refractivity contribution in [1.29, 1.82) is 0 Å². The van der Waals surface area contributed by atoms with Crippen molar-refractivity contribution in [2.45, 2.75) is 51.3 Å². The summed E-state index contributed by atoms with van der Waals surface area (Å²) in [6.07, 6.45) is 1.81. The van der Waals surface area contributed by atoms with Gasteiger partial charge in [-0.25, -0.2) is 4.79 Å². The van der Waals surface area contributed by atoms with Gasteiger partial charge < -0.3 is 15.4 Å². The van der Waals surface area contributed by atoms with Crippen molar-refractivity contribution >= 4 is 6.09 Å². The standard InChI is InChI=1S/C19H29N3O2/c1-19(2,3)24-18(23)22-11-9-14-6-4-5-7-16(14)17(22)13-21-15-8-10-20-12-15/h4-7,15,17,20-21H,8-13H2,1-3H3. The molecule has 1 aromatic carbocycles. The summed E-state index contributed by atoms with van der Waals surface area (Å²) in [6, 6.07) is 8.97. The maximum atomic E-state index is 12.7. The van der Waals surface area contributed by atoms with Gasteiger partial charge in [-0.3, -0.25) is 4.90 Å². The summed E-state index contributed by atoms with van der Waals surface area (Å²) in [5.41, 5.74) is 2.11. The average Bonchev–Trinajstić information content (AvgIpc) is 3.04. The second-order valence-corrected chi connectivity index (χ2v) is 7.74. The van der Waals surface area contributed by atoms with Crippen LogP contribution in [0.25, 0.3) is 0 Å². The van der Waals surface area contributed by atoms with Gasteiger partial charge in [0.05, 0.1) is 6.04 Å². The predicted octanol–water partition coefficient (Wildman–Crippen LogP) is 2.47. The quantitative estimate of drug-likeness (QED) is 0.893. The lowest BCUT2D eigenvalue weighted by molar-refractivity contribution is 0.0139. The second-order valence-electron chi connectivity index (χ2n) is 7.74. The average molecular weight is 331 g/mol. The van der Waals surface area contributed by atoms with E-state index in [-0.39, 0.29) is 12.1 Å². The Hall–Kier alpha value is -1.59. The van der Waals surface area contributed by atoms with E-state index in [0.29, 0.717) is 12.6 Å². The highest BCUT2D eigenvalue weighted by atomic mass is 16.6. The fourth-order valence-electron chi connectivity index (χ4n) is 3.52. The third kappa shape index (κ3) is 4.08. The minimum atomic E-state index is -0.471. The summed E-state index contributed by atoms with van der Waals surface area (Å²) in [4.78, 5) is 14.6. The molecular formula is C19H29N3O2. The fourth-order valence-corrected chi connectivity index (χ4v) is 3.52. The summed E-state index contributed by atoms with van der Waals surface area (Å²) in [5.74, 6) is 0. The van der Waals surface area contributed by atoms with Gasteiger partial charge in [0.15, 0.2) is 0 Å². The molecule has 24 heavy (non-hydrogen) atoms. The van der Waals surface area contributed by atoms with Crippen molar-refractivity contribution in [1.82, 2.24) is 15.5 Å². The van der Waals surface area contributed by atoms with Gasteiger partial charge in [0.1, 0.15) is 5.60 Å². The lowest BCUT2D eigenvalue weighted by atomic mass is 9.92. The van der Waals surface area contributed by atoms with Gasteiger partial charge >= 0.3 is 6.09 Å². The van der Waals surface area contributed by atoms with Crippen molar-refractivity contribution in [3.05, 3.63) is 35.4 Å². The third-order valence-electron chi connectivity index (χ3n) is 4.70. The van der Waals surface area contributed by atoms with Crippen LogP contribution in [0.3, 0.4) is 0 Å². The van der Waals surface area contributed by atoms with Gasteiger partial charge in [-0.15, -0.1) is 0 Å². The number of benzene rings is 1. The van der Waals surface area contributed by atoms with Crippen molar-refractivity contribution in [3.8, 4) is 0 Å². The Morgan fingerprint density at radius 1 is 1.38 bits per heavy atom. The Kier molecular flexibility index (Phi) is 5.11. The number of nitrogens with one attached hydrogen (secondary N) is 2. The van der Waals surface area contributed by atoms with Crippen LogP contribution in [-0.4, -0.2) is 48.8 Å². The van der Waals surface area contributed by atoms with Crippen LogP contribution in [0.2, 0.25) is 0 Å². The van der Waals surface area contributed by atoms with Gasteiger partial charge in [0, 0.05) is 25.7 Å². The van der Waals surface area contributed by atoms with Crippen LogP contribution in [-0.2, 0) is 11.2 Å². The monoisotopic (exact) mass is 331 g/mol. The molecule has 5 nitrogen and oxygen atoms in total. The molecule has 0 aliphatic carbocycles. The minimum Gasteiger partial charge on any atom is -0.444 e. The zero-order valence-electron chi connectivity index (χ0n) is 15.0. The van der Waals surface area contributed by atoms with Crippen molar-refractivity contribution in [2.75, 3.05) is 26.2 Å². The van der Waals surface area contributed by atoms with Gasteiger partial charge in [-0.2, -0.15) is 0 Å². The molecule has 0 saturated carbocycles. The highest BCUT2D eigenvalue weighted by molar-refractivity contribution is 5.69. The largest absolute Gasteiger partial charge is 0.444 e. The molecule has 2 N–H and O–H groups in total. The molecule has 5 heteroatoms. The van der Waals surface area contributed by atoms with E-state index in [1.54, 1.807) is 0 Å². The lowest BCUT2D eigenvalue weighted by Gasteiger charge is -2.38. The molecule has 132 valence electrons. The topological polar surface area (TPSA) is 53.6 Å². The van der Waals surface area contributed by atoms with Crippen molar-refractivity contribution in [3.63, 3.8) is 0 Å². The van der Waals surface area contributed by atoms with Gasteiger partial charge in [0.25, 0.3) is 0 Å². The fraction of sp³-hybridized carbons (Fsp3) is 0.632. The molecule has 2 aliphatic rings. The van der Waals surface area contributed by atoms with E-state index in [1.165, 1.54) is 11.1 Å². The summed E-state index contributed by atoms with van der Waals surface area (Å²) in [5, 5.41) is 7.00. The van der Waals surface area contributed by atoms with E-state index in [9.17, 15) is 4.79 Å². The van der Waals surface area contributed by atoms with Gasteiger partial charge in [-0.05, 0) is 51.3 Å². The molecule has 0 radical (unpaired) electrons. The van der Waals surface area contributed by atoms with E-state index >= 15 is 0 Å². The first kappa shape index (κ1) is 17.2. The van der Waals surface area contributed by atoms with Crippen molar-refractivity contribution in [2.24, 2.45) is 0 Å². The van der Waals surface area contributed by atoms with E-state index < -0.39 is 5.60 Å². The highest BCUT2D eigenvalue weighted by Gasteiger charge is 2.33. The first-order chi connectivity index (χ1) is 11.4. The SMILES string of the molecule is CC(C)(C)OC(=O)N1CCc2ccccc2C1CNC1CCNC1. The molecule has 1 saturated heterocycles. The number of nitrogens with zero attached hydrogens (tertiary/aromatic N) is 1. The molecule has 2 aliphatic heterocycles. The smallest absolute Gasteiger partial charge is 0.410 e. The van der Waals surface area contributed by atoms with Crippen LogP contribution in [0.5, 0.6) is 0 Å². The summed E-state index contributed by atoms with van der Waals surface area (Å²) in [6.45, 7) is 9.29. The molecule has 1 amide bonds. The van der Waals surface area contributed by atoms with Gasteiger partial charge in [-0.1, -0.05) is 24.3 Å². The van der Waals surface area contributed by atoms with Crippen molar-refractivity contribution < 1.29 is 9.53 Å². The van der Waals surface area contributed by atoms with Crippen LogP contribution in [0.15, 0.2) is 24.3 Å². The predicted molar refractivity (Wildman–Crippen MR) is 95.1 cm³/mol. The normalized spacial score (nSPS) is 23.9. The van der Waals surface area contributed by atoms with Crippen LogP contribution < -0.4 is 10.6 Å². The zero-order chi connectivity index (χ0) is 17.2. The Morgan fingerprint density at radius 3 is 2.88 bits per heavy atom.